The van der Waals surface area contributed by atoms with E-state index in [9.17, 15) is 18.0 Å². The molecule has 0 atom stereocenters. The number of nitrogens with one attached hydrogen (secondary N) is 1. The number of rotatable bonds is 2. The molecule has 154 valence electrons. The molecule has 5 rings (SSSR count). The number of carbonyl (C=O) groups is 1. The van der Waals surface area contributed by atoms with E-state index in [-0.39, 0.29) is 11.9 Å². The standard InChI is InChI=1S/C23H19F3N2O2/c24-23(25,26)16-5-3-4-15(12-16)19-13-27-20(28-19)14-8-10-22(11-9-14)18-7-2-1-6-17(18)21(29)30-22/h1-7,12-14H,8-11H2,(H,27,28)/t14-,22-. The highest BCUT2D eigenvalue weighted by Gasteiger charge is 2.47. The number of aromatic amines is 1. The van der Waals surface area contributed by atoms with Gasteiger partial charge < -0.3 is 9.72 Å². The summed E-state index contributed by atoms with van der Waals surface area (Å²) < 4.78 is 44.8. The van der Waals surface area contributed by atoms with Gasteiger partial charge in [-0.25, -0.2) is 9.78 Å². The molecular formula is C23H19F3N2O2. The van der Waals surface area contributed by atoms with Gasteiger partial charge in [0.25, 0.3) is 0 Å². The molecule has 1 aliphatic heterocycles. The Labute approximate surface area is 171 Å². The van der Waals surface area contributed by atoms with Crippen LogP contribution in [-0.2, 0) is 16.5 Å². The van der Waals surface area contributed by atoms with Crippen molar-refractivity contribution < 1.29 is 22.7 Å². The van der Waals surface area contributed by atoms with Crippen molar-refractivity contribution in [3.05, 3.63) is 77.2 Å². The molecule has 1 saturated carbocycles. The molecular weight excluding hydrogens is 393 g/mol. The summed E-state index contributed by atoms with van der Waals surface area (Å²) in [7, 11) is 0. The van der Waals surface area contributed by atoms with Gasteiger partial charge in [-0.2, -0.15) is 13.2 Å². The highest BCUT2D eigenvalue weighted by Crippen LogP contribution is 2.49. The lowest BCUT2D eigenvalue weighted by Crippen LogP contribution is -2.31. The van der Waals surface area contributed by atoms with Crippen LogP contribution in [0.15, 0.2) is 54.7 Å². The summed E-state index contributed by atoms with van der Waals surface area (Å²) in [5, 5.41) is 0. The van der Waals surface area contributed by atoms with Gasteiger partial charge in [0.05, 0.1) is 16.8 Å². The van der Waals surface area contributed by atoms with Crippen LogP contribution in [0.2, 0.25) is 0 Å². The average Bonchev–Trinajstić information content (AvgIpc) is 3.33. The number of esters is 1. The molecule has 2 aliphatic rings. The molecule has 3 aromatic rings. The van der Waals surface area contributed by atoms with E-state index in [2.05, 4.69) is 9.97 Å². The second kappa shape index (κ2) is 6.72. The third kappa shape index (κ3) is 3.09. The molecule has 1 spiro atoms. The summed E-state index contributed by atoms with van der Waals surface area (Å²) in [6.45, 7) is 0. The molecule has 0 radical (unpaired) electrons. The van der Waals surface area contributed by atoms with E-state index in [0.717, 1.165) is 36.4 Å². The zero-order valence-corrected chi connectivity index (χ0v) is 16.0. The van der Waals surface area contributed by atoms with Crippen LogP contribution in [0.25, 0.3) is 11.3 Å². The molecule has 0 bridgehead atoms. The molecule has 1 N–H and O–H groups in total. The first-order valence-corrected chi connectivity index (χ1v) is 9.91. The molecule has 0 unspecified atom stereocenters. The molecule has 1 aliphatic carbocycles. The maximum atomic E-state index is 13.0. The van der Waals surface area contributed by atoms with Crippen LogP contribution in [0.4, 0.5) is 13.2 Å². The average molecular weight is 412 g/mol. The van der Waals surface area contributed by atoms with E-state index in [4.69, 9.17) is 4.74 Å². The van der Waals surface area contributed by atoms with Gasteiger partial charge in [-0.1, -0.05) is 30.3 Å². The topological polar surface area (TPSA) is 55.0 Å². The Balaban J connectivity index is 1.34. The number of alkyl halides is 3. The fourth-order valence-electron chi connectivity index (χ4n) is 4.62. The molecule has 30 heavy (non-hydrogen) atoms. The minimum Gasteiger partial charge on any atom is -0.451 e. The number of benzene rings is 2. The van der Waals surface area contributed by atoms with Gasteiger partial charge in [0.1, 0.15) is 11.4 Å². The molecule has 0 saturated heterocycles. The summed E-state index contributed by atoms with van der Waals surface area (Å²) >= 11 is 0. The van der Waals surface area contributed by atoms with Gasteiger partial charge in [-0.05, 0) is 43.9 Å². The Hall–Kier alpha value is -3.09. The number of ether oxygens (including phenoxy) is 1. The first-order chi connectivity index (χ1) is 14.4. The summed E-state index contributed by atoms with van der Waals surface area (Å²) in [5.41, 5.74) is 1.26. The van der Waals surface area contributed by atoms with Crippen LogP contribution in [0.5, 0.6) is 0 Å². The van der Waals surface area contributed by atoms with E-state index >= 15 is 0 Å². The van der Waals surface area contributed by atoms with Crippen LogP contribution in [-0.4, -0.2) is 15.9 Å². The first-order valence-electron chi connectivity index (χ1n) is 9.91. The van der Waals surface area contributed by atoms with E-state index in [1.807, 2.05) is 18.2 Å². The van der Waals surface area contributed by atoms with Crippen LogP contribution in [0, 0.1) is 0 Å². The second-order valence-electron chi connectivity index (χ2n) is 7.95. The Morgan fingerprint density at radius 3 is 2.60 bits per heavy atom. The van der Waals surface area contributed by atoms with Crippen molar-refractivity contribution in [1.82, 2.24) is 9.97 Å². The van der Waals surface area contributed by atoms with Crippen molar-refractivity contribution in [2.24, 2.45) is 0 Å². The molecule has 7 heteroatoms. The minimum atomic E-state index is -4.39. The lowest BCUT2D eigenvalue weighted by Gasteiger charge is -2.35. The van der Waals surface area contributed by atoms with Crippen LogP contribution in [0.1, 0.15) is 58.9 Å². The number of fused-ring (bicyclic) bond motifs is 2. The smallest absolute Gasteiger partial charge is 0.416 e. The van der Waals surface area contributed by atoms with Crippen molar-refractivity contribution in [1.29, 1.82) is 0 Å². The molecule has 4 nitrogen and oxygen atoms in total. The molecule has 1 fully saturated rings. The fourth-order valence-corrected chi connectivity index (χ4v) is 4.62. The number of carbonyl (C=O) groups excluding carboxylic acids is 1. The summed E-state index contributed by atoms with van der Waals surface area (Å²) in [5.74, 6) is 0.630. The van der Waals surface area contributed by atoms with Gasteiger partial charge >= 0.3 is 12.1 Å². The maximum absolute atomic E-state index is 13.0. The number of halogens is 3. The van der Waals surface area contributed by atoms with Crippen LogP contribution in [0.3, 0.4) is 0 Å². The third-order valence-electron chi connectivity index (χ3n) is 6.19. The van der Waals surface area contributed by atoms with Crippen molar-refractivity contribution in [2.45, 2.75) is 43.4 Å². The molecule has 0 amide bonds. The number of hydrogen-bond donors (Lipinski definition) is 1. The lowest BCUT2D eigenvalue weighted by atomic mass is 9.75. The summed E-state index contributed by atoms with van der Waals surface area (Å²) in [6, 6.07) is 12.7. The Morgan fingerprint density at radius 2 is 1.83 bits per heavy atom. The van der Waals surface area contributed by atoms with Gasteiger partial charge in [-0.3, -0.25) is 0 Å². The molecule has 1 aromatic heterocycles. The van der Waals surface area contributed by atoms with Crippen LogP contribution >= 0.6 is 0 Å². The number of aromatic nitrogens is 2. The minimum absolute atomic E-state index is 0.140. The first kappa shape index (κ1) is 18.9. The Bertz CT molecular complexity index is 1110. The number of hydrogen-bond acceptors (Lipinski definition) is 3. The lowest BCUT2D eigenvalue weighted by molar-refractivity contribution is -0.137. The van der Waals surface area contributed by atoms with Gasteiger partial charge in [0, 0.05) is 23.2 Å². The largest absolute Gasteiger partial charge is 0.451 e. The SMILES string of the molecule is O=C1O[C@]2(CC[C@H](c3nc(-c4cccc(C(F)(F)F)c4)c[nH]3)CC2)c2ccccc21. The van der Waals surface area contributed by atoms with Gasteiger partial charge in [0.2, 0.25) is 0 Å². The quantitative estimate of drug-likeness (QED) is 0.540. The van der Waals surface area contributed by atoms with E-state index in [1.54, 1.807) is 18.3 Å². The number of nitrogens with zero attached hydrogens (tertiary/aromatic N) is 1. The van der Waals surface area contributed by atoms with E-state index in [0.29, 0.717) is 29.7 Å². The predicted molar refractivity (Wildman–Crippen MR) is 104 cm³/mol. The zero-order valence-electron chi connectivity index (χ0n) is 16.0. The van der Waals surface area contributed by atoms with Gasteiger partial charge in [0.15, 0.2) is 0 Å². The zero-order chi connectivity index (χ0) is 20.9. The van der Waals surface area contributed by atoms with Crippen molar-refractivity contribution >= 4 is 5.97 Å². The highest BCUT2D eigenvalue weighted by atomic mass is 19.4. The summed E-state index contributed by atoms with van der Waals surface area (Å²) in [4.78, 5) is 19.9. The third-order valence-corrected chi connectivity index (χ3v) is 6.19. The van der Waals surface area contributed by atoms with Gasteiger partial charge in [-0.15, -0.1) is 0 Å². The van der Waals surface area contributed by atoms with Crippen molar-refractivity contribution in [3.63, 3.8) is 0 Å². The Morgan fingerprint density at radius 1 is 1.07 bits per heavy atom. The predicted octanol–water partition coefficient (Wildman–Crippen LogP) is 5.82. The van der Waals surface area contributed by atoms with E-state index < -0.39 is 17.3 Å². The normalized spacial score (nSPS) is 23.4. The molecule has 2 heterocycles. The fraction of sp³-hybridized carbons (Fsp3) is 0.304. The van der Waals surface area contributed by atoms with E-state index in [1.165, 1.54) is 6.07 Å². The summed E-state index contributed by atoms with van der Waals surface area (Å²) in [6.07, 6.45) is 0.205. The Kier molecular flexibility index (Phi) is 4.24. The maximum Gasteiger partial charge on any atom is 0.416 e. The number of H-pyrrole nitrogens is 1. The second-order valence-corrected chi connectivity index (χ2v) is 7.95. The number of imidazole rings is 1. The molecule has 2 aromatic carbocycles. The van der Waals surface area contributed by atoms with Crippen molar-refractivity contribution in [3.8, 4) is 11.3 Å². The van der Waals surface area contributed by atoms with Crippen molar-refractivity contribution in [2.75, 3.05) is 0 Å². The van der Waals surface area contributed by atoms with Crippen LogP contribution < -0.4 is 0 Å². The highest BCUT2D eigenvalue weighted by molar-refractivity contribution is 5.94. The monoisotopic (exact) mass is 412 g/mol.